The van der Waals surface area contributed by atoms with Crippen LogP contribution < -0.4 is 5.32 Å². The third-order valence-corrected chi connectivity index (χ3v) is 3.12. The molecule has 0 radical (unpaired) electrons. The van der Waals surface area contributed by atoms with Crippen molar-refractivity contribution in [2.45, 2.75) is 59.0 Å². The van der Waals surface area contributed by atoms with Gasteiger partial charge in [0.2, 0.25) is 0 Å². The Hall–Kier alpha value is -1.70. The third-order valence-electron chi connectivity index (χ3n) is 3.12. The molecule has 0 aromatic carbocycles. The molecule has 20 heavy (non-hydrogen) atoms. The molecule has 5 heteroatoms. The van der Waals surface area contributed by atoms with Crippen LogP contribution in [0.3, 0.4) is 0 Å². The summed E-state index contributed by atoms with van der Waals surface area (Å²) >= 11 is 0. The van der Waals surface area contributed by atoms with E-state index in [0.29, 0.717) is 12.5 Å². The van der Waals surface area contributed by atoms with Gasteiger partial charge in [-0.1, -0.05) is 27.7 Å². The lowest BCUT2D eigenvalue weighted by atomic mass is 10.1. The first-order chi connectivity index (χ1) is 9.37. The molecular formula is C15H26N2O3. The summed E-state index contributed by atoms with van der Waals surface area (Å²) in [6.45, 7) is 8.69. The summed E-state index contributed by atoms with van der Waals surface area (Å²) in [5.41, 5.74) is 0. The second-order valence-electron chi connectivity index (χ2n) is 5.27. The molecule has 0 aliphatic heterocycles. The molecule has 0 aliphatic rings. The molecule has 114 valence electrons. The average molecular weight is 282 g/mol. The van der Waals surface area contributed by atoms with E-state index in [1.807, 2.05) is 27.7 Å². The predicted octanol–water partition coefficient (Wildman–Crippen LogP) is 2.32. The number of nitrogens with zero attached hydrogens (tertiary/aromatic N) is 1. The number of aliphatic carboxylic acids is 1. The molecule has 5 nitrogen and oxygen atoms in total. The van der Waals surface area contributed by atoms with Crippen molar-refractivity contribution in [3.8, 4) is 12.3 Å². The van der Waals surface area contributed by atoms with Gasteiger partial charge < -0.3 is 15.3 Å². The van der Waals surface area contributed by atoms with Crippen molar-refractivity contribution < 1.29 is 14.7 Å². The van der Waals surface area contributed by atoms with Crippen LogP contribution in [0.25, 0.3) is 0 Å². The Morgan fingerprint density at radius 2 is 1.85 bits per heavy atom. The number of hydrogen-bond donors (Lipinski definition) is 2. The minimum atomic E-state index is -1.11. The molecule has 1 atom stereocenters. The molecule has 0 aromatic rings. The fraction of sp³-hybridized carbons (Fsp3) is 0.733. The summed E-state index contributed by atoms with van der Waals surface area (Å²) in [5.74, 6) is 1.49. The lowest BCUT2D eigenvalue weighted by molar-refractivity contribution is -0.139. The third kappa shape index (κ3) is 5.96. The van der Waals surface area contributed by atoms with E-state index in [0.717, 1.165) is 12.8 Å². The van der Waals surface area contributed by atoms with Gasteiger partial charge in [-0.15, -0.1) is 12.3 Å². The van der Waals surface area contributed by atoms with E-state index in [-0.39, 0.29) is 18.5 Å². The fourth-order valence-corrected chi connectivity index (χ4v) is 2.07. The van der Waals surface area contributed by atoms with Crippen molar-refractivity contribution in [3.05, 3.63) is 0 Å². The highest BCUT2D eigenvalue weighted by molar-refractivity contribution is 5.83. The highest BCUT2D eigenvalue weighted by atomic mass is 16.4. The van der Waals surface area contributed by atoms with Crippen molar-refractivity contribution in [2.75, 3.05) is 6.54 Å². The van der Waals surface area contributed by atoms with Crippen LogP contribution in [0, 0.1) is 18.3 Å². The van der Waals surface area contributed by atoms with Gasteiger partial charge in [-0.25, -0.2) is 9.59 Å². The Morgan fingerprint density at radius 1 is 1.30 bits per heavy atom. The summed E-state index contributed by atoms with van der Waals surface area (Å²) in [6.07, 6.45) is 6.79. The van der Waals surface area contributed by atoms with Crippen molar-refractivity contribution >= 4 is 12.0 Å². The minimum absolute atomic E-state index is 0.0144. The number of rotatable bonds is 8. The van der Waals surface area contributed by atoms with Gasteiger partial charge in [0.25, 0.3) is 0 Å². The Balaban J connectivity index is 4.93. The van der Waals surface area contributed by atoms with Crippen molar-refractivity contribution in [1.29, 1.82) is 0 Å². The summed E-state index contributed by atoms with van der Waals surface area (Å²) in [4.78, 5) is 25.1. The standard InChI is InChI=1S/C15H26N2O3/c1-6-9-13(14(18)19)16-15(20)17(10-11(4)5)12(7-2)8-3/h1,11-13H,7-10H2,2-5H3,(H,16,20)(H,18,19). The predicted molar refractivity (Wildman–Crippen MR) is 79.3 cm³/mol. The maximum Gasteiger partial charge on any atom is 0.327 e. The number of urea groups is 1. The SMILES string of the molecule is C#CCC(NC(=O)N(CC(C)C)C(CC)CC)C(=O)O. The van der Waals surface area contributed by atoms with Gasteiger partial charge in [0.1, 0.15) is 6.04 Å². The molecule has 0 spiro atoms. The number of hydrogen-bond acceptors (Lipinski definition) is 2. The maximum atomic E-state index is 12.3. The molecule has 0 bridgehead atoms. The summed E-state index contributed by atoms with van der Waals surface area (Å²) in [5, 5.41) is 11.6. The number of carbonyl (C=O) groups excluding carboxylic acids is 1. The quantitative estimate of drug-likeness (QED) is 0.671. The average Bonchev–Trinajstić information content (AvgIpc) is 2.37. The second kappa shape index (κ2) is 9.24. The van der Waals surface area contributed by atoms with E-state index in [4.69, 9.17) is 11.5 Å². The van der Waals surface area contributed by atoms with Gasteiger partial charge in [0, 0.05) is 19.0 Å². The first-order valence-corrected chi connectivity index (χ1v) is 7.10. The number of carboxylic acid groups (broad SMARTS) is 1. The second-order valence-corrected chi connectivity index (χ2v) is 5.27. The van der Waals surface area contributed by atoms with E-state index < -0.39 is 12.0 Å². The van der Waals surface area contributed by atoms with E-state index in [2.05, 4.69) is 11.2 Å². The molecule has 2 N–H and O–H groups in total. The molecule has 0 heterocycles. The zero-order valence-electron chi connectivity index (χ0n) is 12.8. The largest absolute Gasteiger partial charge is 0.480 e. The van der Waals surface area contributed by atoms with Crippen LogP contribution in [0.5, 0.6) is 0 Å². The Labute approximate surface area is 121 Å². The minimum Gasteiger partial charge on any atom is -0.480 e. The molecule has 1 unspecified atom stereocenters. The van der Waals surface area contributed by atoms with Crippen LogP contribution in [0.1, 0.15) is 47.0 Å². The molecular weight excluding hydrogens is 256 g/mol. The molecule has 0 saturated heterocycles. The van der Waals surface area contributed by atoms with Crippen molar-refractivity contribution in [1.82, 2.24) is 10.2 Å². The van der Waals surface area contributed by atoms with Gasteiger partial charge >= 0.3 is 12.0 Å². The van der Waals surface area contributed by atoms with E-state index in [1.165, 1.54) is 0 Å². The highest BCUT2D eigenvalue weighted by Crippen LogP contribution is 2.12. The smallest absolute Gasteiger partial charge is 0.327 e. The maximum absolute atomic E-state index is 12.3. The summed E-state index contributed by atoms with van der Waals surface area (Å²) in [7, 11) is 0. The van der Waals surface area contributed by atoms with Crippen LogP contribution >= 0.6 is 0 Å². The first-order valence-electron chi connectivity index (χ1n) is 7.10. The molecule has 0 aliphatic carbocycles. The van der Waals surface area contributed by atoms with Crippen LogP contribution in [0.2, 0.25) is 0 Å². The number of terminal acetylenes is 1. The Bertz CT molecular complexity index is 357. The molecule has 2 amide bonds. The van der Waals surface area contributed by atoms with Gasteiger partial charge in [0.05, 0.1) is 0 Å². The topological polar surface area (TPSA) is 69.6 Å². The fourth-order valence-electron chi connectivity index (χ4n) is 2.07. The summed E-state index contributed by atoms with van der Waals surface area (Å²) < 4.78 is 0. The number of carbonyl (C=O) groups is 2. The molecule has 0 rings (SSSR count). The van der Waals surface area contributed by atoms with Gasteiger partial charge in [-0.05, 0) is 18.8 Å². The van der Waals surface area contributed by atoms with E-state index in [9.17, 15) is 9.59 Å². The van der Waals surface area contributed by atoms with Crippen LogP contribution in [0.4, 0.5) is 4.79 Å². The monoisotopic (exact) mass is 282 g/mol. The normalized spacial score (nSPS) is 12.1. The zero-order valence-corrected chi connectivity index (χ0v) is 12.8. The molecule has 0 fully saturated rings. The lowest BCUT2D eigenvalue weighted by Gasteiger charge is -2.33. The highest BCUT2D eigenvalue weighted by Gasteiger charge is 2.26. The van der Waals surface area contributed by atoms with Crippen molar-refractivity contribution in [3.63, 3.8) is 0 Å². The molecule has 0 saturated carbocycles. The first kappa shape index (κ1) is 18.3. The van der Waals surface area contributed by atoms with Crippen LogP contribution in [-0.2, 0) is 4.79 Å². The van der Waals surface area contributed by atoms with Gasteiger partial charge in [-0.3, -0.25) is 0 Å². The zero-order chi connectivity index (χ0) is 15.7. The van der Waals surface area contributed by atoms with Gasteiger partial charge in [-0.2, -0.15) is 0 Å². The number of nitrogens with one attached hydrogen (secondary N) is 1. The van der Waals surface area contributed by atoms with E-state index >= 15 is 0 Å². The van der Waals surface area contributed by atoms with Crippen LogP contribution in [0.15, 0.2) is 0 Å². The Morgan fingerprint density at radius 3 is 2.20 bits per heavy atom. The molecule has 0 aromatic heterocycles. The van der Waals surface area contributed by atoms with E-state index in [1.54, 1.807) is 4.90 Å². The lowest BCUT2D eigenvalue weighted by Crippen LogP contribution is -2.52. The number of amides is 2. The van der Waals surface area contributed by atoms with Crippen LogP contribution in [-0.4, -0.2) is 40.6 Å². The van der Waals surface area contributed by atoms with Crippen molar-refractivity contribution in [2.24, 2.45) is 5.92 Å². The number of carboxylic acids is 1. The summed E-state index contributed by atoms with van der Waals surface area (Å²) in [6, 6.07) is -1.27. The Kier molecular flexibility index (Phi) is 8.46. The van der Waals surface area contributed by atoms with Gasteiger partial charge in [0.15, 0.2) is 0 Å².